The Hall–Kier alpha value is -2.67. The largest absolute Gasteiger partial charge is 0.444 e. The lowest BCUT2D eigenvalue weighted by molar-refractivity contribution is 0.463. The minimum absolute atomic E-state index is 0.488. The molecule has 0 fully saturated rings. The van der Waals surface area contributed by atoms with E-state index in [-0.39, 0.29) is 0 Å². The maximum absolute atomic E-state index is 5.56. The molecule has 3 rings (SSSR count). The van der Waals surface area contributed by atoms with Crippen molar-refractivity contribution in [2.24, 2.45) is 4.99 Å². The van der Waals surface area contributed by atoms with E-state index in [1.165, 1.54) is 0 Å². The van der Waals surface area contributed by atoms with Crippen LogP contribution >= 0.6 is 11.3 Å². The zero-order valence-corrected chi connectivity index (χ0v) is 15.4. The number of rotatable bonds is 5. The van der Waals surface area contributed by atoms with Gasteiger partial charge in [0.2, 0.25) is 5.89 Å². The average molecular weight is 355 g/mol. The zero-order valence-electron chi connectivity index (χ0n) is 14.5. The maximum atomic E-state index is 5.56. The molecule has 0 saturated carbocycles. The highest BCUT2D eigenvalue weighted by atomic mass is 32.1. The SMILES string of the molecule is CN=C(NCc1nc(C)c(C)o1)NCc1nc(-c2ccccc2)cs1. The molecule has 2 N–H and O–H groups in total. The molecule has 0 radical (unpaired) electrons. The van der Waals surface area contributed by atoms with E-state index < -0.39 is 0 Å². The fourth-order valence-electron chi connectivity index (χ4n) is 2.29. The minimum atomic E-state index is 0.488. The van der Waals surface area contributed by atoms with Gasteiger partial charge >= 0.3 is 0 Å². The Morgan fingerprint density at radius 2 is 1.88 bits per heavy atom. The van der Waals surface area contributed by atoms with Gasteiger partial charge in [-0.2, -0.15) is 0 Å². The monoisotopic (exact) mass is 355 g/mol. The normalized spacial score (nSPS) is 11.6. The van der Waals surface area contributed by atoms with Crippen LogP contribution in [0.15, 0.2) is 45.1 Å². The summed E-state index contributed by atoms with van der Waals surface area (Å²) in [4.78, 5) is 13.2. The summed E-state index contributed by atoms with van der Waals surface area (Å²) in [7, 11) is 1.73. The summed E-state index contributed by atoms with van der Waals surface area (Å²) in [5.41, 5.74) is 3.04. The molecule has 3 aromatic rings. The number of hydrogen-bond acceptors (Lipinski definition) is 5. The van der Waals surface area contributed by atoms with E-state index >= 15 is 0 Å². The van der Waals surface area contributed by atoms with Gasteiger partial charge < -0.3 is 15.1 Å². The quantitative estimate of drug-likeness (QED) is 0.543. The van der Waals surface area contributed by atoms with Crippen molar-refractivity contribution < 1.29 is 4.42 Å². The predicted octanol–water partition coefficient (Wildman–Crippen LogP) is 3.28. The first kappa shape index (κ1) is 17.2. The molecule has 0 aliphatic rings. The van der Waals surface area contributed by atoms with Crippen LogP contribution < -0.4 is 10.6 Å². The van der Waals surface area contributed by atoms with E-state index in [1.54, 1.807) is 18.4 Å². The van der Waals surface area contributed by atoms with Gasteiger partial charge in [-0.25, -0.2) is 9.97 Å². The molecule has 0 saturated heterocycles. The summed E-state index contributed by atoms with van der Waals surface area (Å²) in [6.07, 6.45) is 0. The van der Waals surface area contributed by atoms with Crippen molar-refractivity contribution in [2.75, 3.05) is 7.05 Å². The number of oxazole rings is 1. The van der Waals surface area contributed by atoms with Gasteiger partial charge in [0, 0.05) is 18.0 Å². The van der Waals surface area contributed by atoms with Crippen LogP contribution in [0.2, 0.25) is 0 Å². The Morgan fingerprint density at radius 1 is 1.12 bits per heavy atom. The number of nitrogens with one attached hydrogen (secondary N) is 2. The maximum Gasteiger partial charge on any atom is 0.214 e. The Balaban J connectivity index is 1.54. The summed E-state index contributed by atoms with van der Waals surface area (Å²) >= 11 is 1.63. The van der Waals surface area contributed by atoms with Gasteiger partial charge in [0.05, 0.1) is 24.5 Å². The van der Waals surface area contributed by atoms with Gasteiger partial charge in [-0.05, 0) is 13.8 Å². The van der Waals surface area contributed by atoms with Crippen molar-refractivity contribution in [3.63, 3.8) is 0 Å². The van der Waals surface area contributed by atoms with Gasteiger partial charge in [-0.15, -0.1) is 11.3 Å². The highest BCUT2D eigenvalue weighted by molar-refractivity contribution is 7.09. The third kappa shape index (κ3) is 4.45. The third-order valence-corrected chi connectivity index (χ3v) is 4.58. The summed E-state index contributed by atoms with van der Waals surface area (Å²) in [6, 6.07) is 10.2. The molecule has 2 heterocycles. The molecule has 0 aliphatic carbocycles. The smallest absolute Gasteiger partial charge is 0.214 e. The van der Waals surface area contributed by atoms with E-state index in [0.717, 1.165) is 27.7 Å². The molecule has 0 amide bonds. The van der Waals surface area contributed by atoms with Crippen molar-refractivity contribution in [3.05, 3.63) is 58.1 Å². The fraction of sp³-hybridized carbons (Fsp3) is 0.278. The number of hydrogen-bond donors (Lipinski definition) is 2. The molecule has 25 heavy (non-hydrogen) atoms. The first-order valence-corrected chi connectivity index (χ1v) is 8.91. The van der Waals surface area contributed by atoms with Crippen molar-refractivity contribution in [1.82, 2.24) is 20.6 Å². The number of thiazole rings is 1. The molecule has 0 atom stereocenters. The highest BCUT2D eigenvalue weighted by Gasteiger charge is 2.08. The molecule has 130 valence electrons. The van der Waals surface area contributed by atoms with Crippen molar-refractivity contribution in [1.29, 1.82) is 0 Å². The van der Waals surface area contributed by atoms with Crippen LogP contribution in [-0.2, 0) is 13.1 Å². The van der Waals surface area contributed by atoms with Gasteiger partial charge in [0.1, 0.15) is 10.8 Å². The molecule has 0 aliphatic heterocycles. The molecule has 1 aromatic carbocycles. The molecule has 2 aromatic heterocycles. The summed E-state index contributed by atoms with van der Waals surface area (Å²) < 4.78 is 5.56. The Bertz CT molecular complexity index is 834. The Kier molecular flexibility index (Phi) is 5.45. The topological polar surface area (TPSA) is 75.3 Å². The molecule has 6 nitrogen and oxygen atoms in total. The second-order valence-corrected chi connectivity index (χ2v) is 6.46. The number of guanidine groups is 1. The molecule has 7 heteroatoms. The number of nitrogens with zero attached hydrogens (tertiary/aromatic N) is 3. The van der Waals surface area contributed by atoms with Crippen LogP contribution in [0, 0.1) is 13.8 Å². The van der Waals surface area contributed by atoms with E-state index in [9.17, 15) is 0 Å². The summed E-state index contributed by atoms with van der Waals surface area (Å²) in [5, 5.41) is 9.53. The van der Waals surface area contributed by atoms with Crippen LogP contribution in [-0.4, -0.2) is 23.0 Å². The first-order chi connectivity index (χ1) is 12.2. The average Bonchev–Trinajstić information content (AvgIpc) is 3.23. The van der Waals surface area contributed by atoms with Crippen molar-refractivity contribution in [2.45, 2.75) is 26.9 Å². The van der Waals surface area contributed by atoms with Gasteiger partial charge in [0.15, 0.2) is 5.96 Å². The third-order valence-electron chi connectivity index (χ3n) is 3.73. The van der Waals surface area contributed by atoms with E-state index in [2.05, 4.69) is 43.1 Å². The van der Waals surface area contributed by atoms with Crippen LogP contribution in [0.4, 0.5) is 0 Å². The number of aromatic nitrogens is 2. The minimum Gasteiger partial charge on any atom is -0.444 e. The Labute approximate surface area is 151 Å². The number of aryl methyl sites for hydroxylation is 2. The first-order valence-electron chi connectivity index (χ1n) is 8.03. The lowest BCUT2D eigenvalue weighted by Crippen LogP contribution is -2.36. The van der Waals surface area contributed by atoms with E-state index in [1.807, 2.05) is 32.0 Å². The molecule has 0 unspecified atom stereocenters. The number of aliphatic imine (C=N–C) groups is 1. The molecule has 0 bridgehead atoms. The van der Waals surface area contributed by atoms with Gasteiger partial charge in [-0.3, -0.25) is 4.99 Å². The summed E-state index contributed by atoms with van der Waals surface area (Å²) in [5.74, 6) is 2.18. The number of benzene rings is 1. The highest BCUT2D eigenvalue weighted by Crippen LogP contribution is 2.21. The molecule has 0 spiro atoms. The standard InChI is InChI=1S/C18H21N5OS/c1-12-13(2)24-16(22-12)9-20-18(19-3)21-10-17-23-15(11-25-17)14-7-5-4-6-8-14/h4-8,11H,9-10H2,1-3H3,(H2,19,20,21). The zero-order chi connectivity index (χ0) is 17.6. The lowest BCUT2D eigenvalue weighted by atomic mass is 10.2. The lowest BCUT2D eigenvalue weighted by Gasteiger charge is -2.09. The van der Waals surface area contributed by atoms with E-state index in [0.29, 0.717) is 24.9 Å². The van der Waals surface area contributed by atoms with Crippen LogP contribution in [0.25, 0.3) is 11.3 Å². The van der Waals surface area contributed by atoms with Gasteiger partial charge in [-0.1, -0.05) is 30.3 Å². The van der Waals surface area contributed by atoms with Crippen LogP contribution in [0.3, 0.4) is 0 Å². The van der Waals surface area contributed by atoms with Crippen molar-refractivity contribution in [3.8, 4) is 11.3 Å². The van der Waals surface area contributed by atoms with Crippen molar-refractivity contribution >= 4 is 17.3 Å². The van der Waals surface area contributed by atoms with E-state index in [4.69, 9.17) is 4.42 Å². The molecular formula is C18H21N5OS. The molecular weight excluding hydrogens is 334 g/mol. The predicted molar refractivity (Wildman–Crippen MR) is 101 cm³/mol. The summed E-state index contributed by atoms with van der Waals surface area (Å²) in [6.45, 7) is 4.94. The van der Waals surface area contributed by atoms with Gasteiger partial charge in [0.25, 0.3) is 0 Å². The van der Waals surface area contributed by atoms with Crippen LogP contribution in [0.5, 0.6) is 0 Å². The second-order valence-electron chi connectivity index (χ2n) is 5.52. The Morgan fingerprint density at radius 3 is 2.56 bits per heavy atom. The van der Waals surface area contributed by atoms with Crippen LogP contribution in [0.1, 0.15) is 22.4 Å². The fourth-order valence-corrected chi connectivity index (χ4v) is 3.03. The second kappa shape index (κ2) is 7.94.